The lowest BCUT2D eigenvalue weighted by molar-refractivity contribution is -0.144. The van der Waals surface area contributed by atoms with Crippen LogP contribution in [0.4, 0.5) is 4.79 Å². The van der Waals surface area contributed by atoms with E-state index in [0.29, 0.717) is 22.7 Å². The lowest BCUT2D eigenvalue weighted by Gasteiger charge is -2.18. The number of fused-ring (bicyclic) bond motifs is 1. The van der Waals surface area contributed by atoms with Crippen molar-refractivity contribution >= 4 is 34.7 Å². The molecule has 2 aliphatic rings. The van der Waals surface area contributed by atoms with Gasteiger partial charge in [0.15, 0.2) is 0 Å². The lowest BCUT2D eigenvalue weighted by atomic mass is 9.97. The van der Waals surface area contributed by atoms with E-state index in [4.69, 9.17) is 4.42 Å². The Morgan fingerprint density at radius 1 is 1.13 bits per heavy atom. The molecule has 162 valence electrons. The average molecular weight is 423 g/mol. The number of carbonyl (C=O) groups is 4. The van der Waals surface area contributed by atoms with Crippen molar-refractivity contribution in [2.45, 2.75) is 45.1 Å². The molecule has 0 radical (unpaired) electrons. The van der Waals surface area contributed by atoms with Gasteiger partial charge in [0.25, 0.3) is 0 Å². The van der Waals surface area contributed by atoms with E-state index >= 15 is 0 Å². The molecule has 1 aliphatic heterocycles. The van der Waals surface area contributed by atoms with E-state index in [-0.39, 0.29) is 6.54 Å². The number of hydrogen-bond acceptors (Lipinski definition) is 5. The van der Waals surface area contributed by atoms with Crippen LogP contribution in [0.1, 0.15) is 50.8 Å². The molecule has 1 aromatic carbocycles. The first-order chi connectivity index (χ1) is 14.9. The summed E-state index contributed by atoms with van der Waals surface area (Å²) in [6.07, 6.45) is 6.91. The molecule has 0 bridgehead atoms. The molecule has 1 atom stereocenters. The molecule has 2 aromatic rings. The van der Waals surface area contributed by atoms with E-state index in [2.05, 4.69) is 11.4 Å². The van der Waals surface area contributed by atoms with Crippen LogP contribution >= 0.6 is 0 Å². The summed E-state index contributed by atoms with van der Waals surface area (Å²) in [5, 5.41) is 3.64. The number of imide groups is 2. The van der Waals surface area contributed by atoms with Crippen molar-refractivity contribution in [3.8, 4) is 0 Å². The number of urea groups is 1. The predicted molar refractivity (Wildman–Crippen MR) is 113 cm³/mol. The molecule has 8 heteroatoms. The fourth-order valence-electron chi connectivity index (χ4n) is 3.99. The Kier molecular flexibility index (Phi) is 5.88. The van der Waals surface area contributed by atoms with Crippen molar-refractivity contribution in [3.63, 3.8) is 0 Å². The highest BCUT2D eigenvalue weighted by atomic mass is 16.3. The van der Waals surface area contributed by atoms with Crippen LogP contribution in [0.15, 0.2) is 46.4 Å². The maximum atomic E-state index is 12.6. The molecular formula is C23H25N3O5. The van der Waals surface area contributed by atoms with Crippen molar-refractivity contribution in [1.29, 1.82) is 0 Å². The van der Waals surface area contributed by atoms with Gasteiger partial charge in [0.05, 0.1) is 6.04 Å². The van der Waals surface area contributed by atoms with E-state index in [0.717, 1.165) is 36.0 Å². The van der Waals surface area contributed by atoms with E-state index < -0.39 is 36.3 Å². The number of amides is 5. The van der Waals surface area contributed by atoms with Gasteiger partial charge in [-0.25, -0.2) is 9.69 Å². The Morgan fingerprint density at radius 2 is 1.90 bits per heavy atom. The normalized spacial score (nSPS) is 18.0. The Morgan fingerprint density at radius 3 is 2.65 bits per heavy atom. The van der Waals surface area contributed by atoms with Crippen LogP contribution in [0.3, 0.4) is 0 Å². The average Bonchev–Trinajstić information content (AvgIpc) is 3.29. The molecule has 4 rings (SSSR count). The van der Waals surface area contributed by atoms with Gasteiger partial charge in [-0.05, 0) is 51.2 Å². The summed E-state index contributed by atoms with van der Waals surface area (Å²) >= 11 is 0. The molecular weight excluding hydrogens is 398 g/mol. The van der Waals surface area contributed by atoms with Crippen LogP contribution in [-0.2, 0) is 14.4 Å². The van der Waals surface area contributed by atoms with E-state index in [1.54, 1.807) is 6.92 Å². The SMILES string of the molecule is C[C@H](NC(=O)CN1C(=O)C(=O)N(CCC2=CCCCC2)C1=O)c1cc2ccccc2o1. The molecule has 1 saturated heterocycles. The van der Waals surface area contributed by atoms with Gasteiger partial charge in [-0.2, -0.15) is 0 Å². The molecule has 1 N–H and O–H groups in total. The predicted octanol–water partition coefficient (Wildman–Crippen LogP) is 3.29. The third-order valence-electron chi connectivity index (χ3n) is 5.73. The summed E-state index contributed by atoms with van der Waals surface area (Å²) < 4.78 is 5.74. The third-order valence-corrected chi connectivity index (χ3v) is 5.73. The molecule has 1 fully saturated rings. The van der Waals surface area contributed by atoms with E-state index in [1.807, 2.05) is 30.3 Å². The van der Waals surface area contributed by atoms with Gasteiger partial charge in [0.2, 0.25) is 5.91 Å². The topological polar surface area (TPSA) is 99.9 Å². The quantitative estimate of drug-likeness (QED) is 0.418. The smallest absolute Gasteiger partial charge is 0.334 e. The van der Waals surface area contributed by atoms with Crippen LogP contribution < -0.4 is 5.32 Å². The summed E-state index contributed by atoms with van der Waals surface area (Å²) in [7, 11) is 0. The summed E-state index contributed by atoms with van der Waals surface area (Å²) in [5.41, 5.74) is 1.91. The third kappa shape index (κ3) is 4.38. The minimum atomic E-state index is -0.964. The monoisotopic (exact) mass is 423 g/mol. The maximum Gasteiger partial charge on any atom is 0.334 e. The minimum Gasteiger partial charge on any atom is -0.459 e. The molecule has 0 unspecified atom stereocenters. The second-order valence-corrected chi connectivity index (χ2v) is 7.96. The summed E-state index contributed by atoms with van der Waals surface area (Å²) in [6, 6.07) is 8.12. The van der Waals surface area contributed by atoms with Crippen molar-refractivity contribution in [2.75, 3.05) is 13.1 Å². The highest BCUT2D eigenvalue weighted by Gasteiger charge is 2.45. The van der Waals surface area contributed by atoms with Crippen molar-refractivity contribution < 1.29 is 23.6 Å². The second-order valence-electron chi connectivity index (χ2n) is 7.96. The Balaban J connectivity index is 1.35. The van der Waals surface area contributed by atoms with Gasteiger partial charge in [0, 0.05) is 11.9 Å². The van der Waals surface area contributed by atoms with Gasteiger partial charge < -0.3 is 9.73 Å². The number of para-hydroxylation sites is 1. The molecule has 5 amide bonds. The van der Waals surface area contributed by atoms with Gasteiger partial charge in [-0.3, -0.25) is 19.3 Å². The Bertz CT molecular complexity index is 1040. The second kappa shape index (κ2) is 8.75. The zero-order chi connectivity index (χ0) is 22.0. The number of rotatable bonds is 7. The number of allylic oxidation sites excluding steroid dienone is 1. The summed E-state index contributed by atoms with van der Waals surface area (Å²) in [5.74, 6) is -1.82. The molecule has 1 aromatic heterocycles. The zero-order valence-electron chi connectivity index (χ0n) is 17.4. The maximum absolute atomic E-state index is 12.6. The number of benzene rings is 1. The molecule has 0 spiro atoms. The minimum absolute atomic E-state index is 0.156. The fourth-order valence-corrected chi connectivity index (χ4v) is 3.99. The zero-order valence-corrected chi connectivity index (χ0v) is 17.4. The van der Waals surface area contributed by atoms with Crippen molar-refractivity contribution in [2.24, 2.45) is 0 Å². The van der Waals surface area contributed by atoms with Gasteiger partial charge in [0.1, 0.15) is 17.9 Å². The van der Waals surface area contributed by atoms with Crippen LogP contribution in [0.5, 0.6) is 0 Å². The first-order valence-electron chi connectivity index (χ1n) is 10.6. The highest BCUT2D eigenvalue weighted by Crippen LogP contribution is 2.24. The summed E-state index contributed by atoms with van der Waals surface area (Å²) in [4.78, 5) is 51.3. The van der Waals surface area contributed by atoms with Gasteiger partial charge >= 0.3 is 17.8 Å². The van der Waals surface area contributed by atoms with E-state index in [9.17, 15) is 19.2 Å². The molecule has 1 aliphatic carbocycles. The number of furan rings is 1. The fraction of sp³-hybridized carbons (Fsp3) is 0.391. The van der Waals surface area contributed by atoms with Crippen LogP contribution in [0, 0.1) is 0 Å². The lowest BCUT2D eigenvalue weighted by Crippen LogP contribution is -2.42. The molecule has 8 nitrogen and oxygen atoms in total. The molecule has 0 saturated carbocycles. The highest BCUT2D eigenvalue weighted by molar-refractivity contribution is 6.45. The van der Waals surface area contributed by atoms with Crippen LogP contribution in [0.25, 0.3) is 11.0 Å². The van der Waals surface area contributed by atoms with Gasteiger partial charge in [-0.15, -0.1) is 0 Å². The number of carbonyl (C=O) groups excluding carboxylic acids is 4. The van der Waals surface area contributed by atoms with Crippen LogP contribution in [-0.4, -0.2) is 46.6 Å². The van der Waals surface area contributed by atoms with Crippen molar-refractivity contribution in [1.82, 2.24) is 15.1 Å². The largest absolute Gasteiger partial charge is 0.459 e. The first kappa shape index (κ1) is 20.8. The molecule has 31 heavy (non-hydrogen) atoms. The molecule has 2 heterocycles. The first-order valence-corrected chi connectivity index (χ1v) is 10.6. The number of nitrogens with one attached hydrogen (secondary N) is 1. The Labute approximate surface area is 179 Å². The van der Waals surface area contributed by atoms with Crippen LogP contribution in [0.2, 0.25) is 0 Å². The standard InChI is InChI=1S/C23H25N3O5/c1-15(19-13-17-9-5-6-10-18(17)31-19)24-20(27)14-26-22(29)21(28)25(23(26)30)12-11-16-7-3-2-4-8-16/h5-7,9-10,13,15H,2-4,8,11-12,14H2,1H3,(H,24,27)/t15-/m0/s1. The number of nitrogens with zero attached hydrogens (tertiary/aromatic N) is 2. The summed E-state index contributed by atoms with van der Waals surface area (Å²) in [6.45, 7) is 1.40. The Hall–Kier alpha value is -3.42. The number of hydrogen-bond donors (Lipinski definition) is 1. The van der Waals surface area contributed by atoms with Gasteiger partial charge in [-0.1, -0.05) is 29.8 Å². The van der Waals surface area contributed by atoms with Crippen molar-refractivity contribution in [3.05, 3.63) is 47.7 Å². The van der Waals surface area contributed by atoms with E-state index in [1.165, 1.54) is 5.57 Å².